The number of piperidine rings is 1. The van der Waals surface area contributed by atoms with E-state index in [-0.39, 0.29) is 12.5 Å². The van der Waals surface area contributed by atoms with E-state index in [1.54, 1.807) is 11.3 Å². The van der Waals surface area contributed by atoms with Crippen LogP contribution in [-0.2, 0) is 0 Å². The SMILES string of the molecule is O=C(NCCN1CCC[C@@H](CO)C1)c1ccc2sccc2c1. The third-order valence-electron chi connectivity index (χ3n) is 4.29. The van der Waals surface area contributed by atoms with E-state index in [9.17, 15) is 9.90 Å². The molecule has 0 saturated carbocycles. The average Bonchev–Trinajstić information content (AvgIpc) is 3.02. The Morgan fingerprint density at radius 1 is 1.41 bits per heavy atom. The van der Waals surface area contributed by atoms with Gasteiger partial charge in [0.2, 0.25) is 0 Å². The highest BCUT2D eigenvalue weighted by molar-refractivity contribution is 7.17. The Bertz CT molecular complexity index is 640. The molecule has 1 aliphatic rings. The molecule has 0 aliphatic carbocycles. The predicted molar refractivity (Wildman–Crippen MR) is 90.4 cm³/mol. The number of carbonyl (C=O) groups is 1. The summed E-state index contributed by atoms with van der Waals surface area (Å²) in [5, 5.41) is 15.4. The lowest BCUT2D eigenvalue weighted by atomic mass is 9.99. The lowest BCUT2D eigenvalue weighted by Crippen LogP contribution is -2.41. The van der Waals surface area contributed by atoms with Gasteiger partial charge in [0.1, 0.15) is 0 Å². The van der Waals surface area contributed by atoms with Crippen molar-refractivity contribution in [2.45, 2.75) is 12.8 Å². The van der Waals surface area contributed by atoms with Gasteiger partial charge in [-0.3, -0.25) is 4.79 Å². The van der Waals surface area contributed by atoms with Crippen molar-refractivity contribution in [1.82, 2.24) is 10.2 Å². The molecule has 2 aromatic rings. The summed E-state index contributed by atoms with van der Waals surface area (Å²) in [6, 6.07) is 7.88. The molecule has 0 spiro atoms. The number of aliphatic hydroxyl groups is 1. The summed E-state index contributed by atoms with van der Waals surface area (Å²) in [5.74, 6) is 0.384. The minimum atomic E-state index is -0.0104. The number of likely N-dealkylation sites (tertiary alicyclic amines) is 1. The monoisotopic (exact) mass is 318 g/mol. The minimum Gasteiger partial charge on any atom is -0.396 e. The quantitative estimate of drug-likeness (QED) is 0.890. The predicted octanol–water partition coefficient (Wildman–Crippen LogP) is 2.34. The van der Waals surface area contributed by atoms with E-state index in [1.807, 2.05) is 29.6 Å². The number of nitrogens with one attached hydrogen (secondary N) is 1. The molecule has 1 aromatic heterocycles. The molecule has 1 atom stereocenters. The maximum atomic E-state index is 12.2. The Kier molecular flexibility index (Phi) is 5.08. The standard InChI is InChI=1S/C17H22N2O2S/c20-12-13-2-1-7-19(11-13)8-6-18-17(21)15-3-4-16-14(10-15)5-9-22-16/h3-5,9-10,13,20H,1-2,6-8,11-12H2,(H,18,21)/t13-/m1/s1. The normalized spacial score (nSPS) is 19.4. The van der Waals surface area contributed by atoms with Crippen LogP contribution < -0.4 is 5.32 Å². The largest absolute Gasteiger partial charge is 0.396 e. The molecule has 5 heteroatoms. The van der Waals surface area contributed by atoms with Crippen molar-refractivity contribution in [3.8, 4) is 0 Å². The Morgan fingerprint density at radius 3 is 3.18 bits per heavy atom. The highest BCUT2D eigenvalue weighted by Crippen LogP contribution is 2.21. The molecule has 1 fully saturated rings. The van der Waals surface area contributed by atoms with Gasteiger partial charge in [0.15, 0.2) is 0 Å². The Balaban J connectivity index is 1.49. The van der Waals surface area contributed by atoms with Crippen molar-refractivity contribution in [1.29, 1.82) is 0 Å². The van der Waals surface area contributed by atoms with Crippen LogP contribution in [0.25, 0.3) is 10.1 Å². The summed E-state index contributed by atoms with van der Waals surface area (Å²) in [6.07, 6.45) is 2.24. The van der Waals surface area contributed by atoms with Gasteiger partial charge in [-0.2, -0.15) is 0 Å². The van der Waals surface area contributed by atoms with Gasteiger partial charge in [0.05, 0.1) is 0 Å². The van der Waals surface area contributed by atoms with Crippen LogP contribution in [-0.4, -0.2) is 48.7 Å². The second kappa shape index (κ2) is 7.22. The second-order valence-corrected chi connectivity index (χ2v) is 6.87. The van der Waals surface area contributed by atoms with Crippen LogP contribution in [0.3, 0.4) is 0 Å². The number of rotatable bonds is 5. The lowest BCUT2D eigenvalue weighted by molar-refractivity contribution is 0.0931. The van der Waals surface area contributed by atoms with Crippen LogP contribution in [0.2, 0.25) is 0 Å². The Morgan fingerprint density at radius 2 is 2.32 bits per heavy atom. The van der Waals surface area contributed by atoms with Crippen LogP contribution in [0.15, 0.2) is 29.6 Å². The first kappa shape index (κ1) is 15.5. The summed E-state index contributed by atoms with van der Waals surface area (Å²) in [6.45, 7) is 3.77. The molecule has 22 heavy (non-hydrogen) atoms. The molecule has 1 amide bonds. The van der Waals surface area contributed by atoms with E-state index >= 15 is 0 Å². The topological polar surface area (TPSA) is 52.6 Å². The number of amides is 1. The van der Waals surface area contributed by atoms with E-state index in [1.165, 1.54) is 4.70 Å². The molecule has 1 aliphatic heterocycles. The maximum absolute atomic E-state index is 12.2. The van der Waals surface area contributed by atoms with Crippen molar-refractivity contribution in [2.75, 3.05) is 32.8 Å². The highest BCUT2D eigenvalue weighted by atomic mass is 32.1. The number of benzene rings is 1. The third-order valence-corrected chi connectivity index (χ3v) is 5.19. The number of carbonyl (C=O) groups excluding carboxylic acids is 1. The van der Waals surface area contributed by atoms with E-state index < -0.39 is 0 Å². The van der Waals surface area contributed by atoms with Gasteiger partial charge in [0, 0.05) is 36.5 Å². The molecule has 1 saturated heterocycles. The summed E-state index contributed by atoms with van der Waals surface area (Å²) in [4.78, 5) is 14.5. The molecule has 0 unspecified atom stereocenters. The number of nitrogens with zero attached hydrogens (tertiary/aromatic N) is 1. The molecule has 0 radical (unpaired) electrons. The number of fused-ring (bicyclic) bond motifs is 1. The van der Waals surface area contributed by atoms with Crippen LogP contribution >= 0.6 is 11.3 Å². The van der Waals surface area contributed by atoms with Gasteiger partial charge in [-0.1, -0.05) is 0 Å². The van der Waals surface area contributed by atoms with E-state index in [0.717, 1.165) is 43.4 Å². The van der Waals surface area contributed by atoms with Crippen molar-refractivity contribution < 1.29 is 9.90 Å². The van der Waals surface area contributed by atoms with Gasteiger partial charge >= 0.3 is 0 Å². The van der Waals surface area contributed by atoms with E-state index in [4.69, 9.17) is 0 Å². The fourth-order valence-corrected chi connectivity index (χ4v) is 3.81. The first-order valence-electron chi connectivity index (χ1n) is 7.85. The molecular weight excluding hydrogens is 296 g/mol. The van der Waals surface area contributed by atoms with Crippen LogP contribution in [0.5, 0.6) is 0 Å². The zero-order chi connectivity index (χ0) is 15.4. The van der Waals surface area contributed by atoms with Gasteiger partial charge in [-0.25, -0.2) is 0 Å². The fourth-order valence-electron chi connectivity index (χ4n) is 3.04. The summed E-state index contributed by atoms with van der Waals surface area (Å²) >= 11 is 1.69. The molecule has 2 heterocycles. The molecule has 118 valence electrons. The van der Waals surface area contributed by atoms with E-state index in [0.29, 0.717) is 12.5 Å². The molecular formula is C17H22N2O2S. The van der Waals surface area contributed by atoms with Crippen LogP contribution in [0, 0.1) is 5.92 Å². The van der Waals surface area contributed by atoms with Crippen molar-refractivity contribution in [2.24, 2.45) is 5.92 Å². The number of hydrogen-bond donors (Lipinski definition) is 2. The molecule has 3 rings (SSSR count). The van der Waals surface area contributed by atoms with Crippen molar-refractivity contribution in [3.05, 3.63) is 35.2 Å². The van der Waals surface area contributed by atoms with Gasteiger partial charge in [0.25, 0.3) is 5.91 Å². The fraction of sp³-hybridized carbons (Fsp3) is 0.471. The molecule has 0 bridgehead atoms. The van der Waals surface area contributed by atoms with Crippen LogP contribution in [0.1, 0.15) is 23.2 Å². The Labute approximate surface area is 134 Å². The summed E-state index contributed by atoms with van der Waals surface area (Å²) in [7, 11) is 0. The van der Waals surface area contributed by atoms with Gasteiger partial charge in [-0.05, 0) is 60.3 Å². The molecule has 1 aromatic carbocycles. The Hall–Kier alpha value is -1.43. The number of aliphatic hydroxyl groups excluding tert-OH is 1. The van der Waals surface area contributed by atoms with Crippen molar-refractivity contribution in [3.63, 3.8) is 0 Å². The first-order chi connectivity index (χ1) is 10.8. The third kappa shape index (κ3) is 3.66. The lowest BCUT2D eigenvalue weighted by Gasteiger charge is -2.31. The zero-order valence-corrected chi connectivity index (χ0v) is 13.4. The summed E-state index contributed by atoms with van der Waals surface area (Å²) < 4.78 is 1.21. The first-order valence-corrected chi connectivity index (χ1v) is 8.73. The minimum absolute atomic E-state index is 0.0104. The smallest absolute Gasteiger partial charge is 0.251 e. The number of thiophene rings is 1. The van der Waals surface area contributed by atoms with Crippen LogP contribution in [0.4, 0.5) is 0 Å². The summed E-state index contributed by atoms with van der Waals surface area (Å²) in [5.41, 5.74) is 0.720. The molecule has 2 N–H and O–H groups in total. The average molecular weight is 318 g/mol. The van der Waals surface area contributed by atoms with Gasteiger partial charge < -0.3 is 15.3 Å². The van der Waals surface area contributed by atoms with E-state index in [2.05, 4.69) is 10.2 Å². The maximum Gasteiger partial charge on any atom is 0.251 e. The van der Waals surface area contributed by atoms with Gasteiger partial charge in [-0.15, -0.1) is 11.3 Å². The van der Waals surface area contributed by atoms with Crippen molar-refractivity contribution >= 4 is 27.3 Å². The second-order valence-electron chi connectivity index (χ2n) is 5.92. The number of hydrogen-bond acceptors (Lipinski definition) is 4. The highest BCUT2D eigenvalue weighted by Gasteiger charge is 2.18. The molecule has 4 nitrogen and oxygen atoms in total. The zero-order valence-electron chi connectivity index (χ0n) is 12.6.